The van der Waals surface area contributed by atoms with Crippen molar-refractivity contribution in [2.24, 2.45) is 0 Å². The van der Waals surface area contributed by atoms with Crippen LogP contribution in [0.3, 0.4) is 0 Å². The molecular formula is C18H14ClNO. The third-order valence-electron chi connectivity index (χ3n) is 3.21. The molecule has 0 bridgehead atoms. The fraction of sp³-hybridized carbons (Fsp3) is 0.0556. The molecule has 0 saturated heterocycles. The topological polar surface area (TPSA) is 22.1 Å². The molecule has 0 spiro atoms. The van der Waals surface area contributed by atoms with Crippen LogP contribution in [0.4, 0.5) is 0 Å². The van der Waals surface area contributed by atoms with Gasteiger partial charge in [0.2, 0.25) is 0 Å². The van der Waals surface area contributed by atoms with Crippen molar-refractivity contribution in [2.45, 2.75) is 6.61 Å². The zero-order valence-corrected chi connectivity index (χ0v) is 12.2. The Hall–Kier alpha value is -2.32. The van der Waals surface area contributed by atoms with Gasteiger partial charge in [0.1, 0.15) is 12.4 Å². The summed E-state index contributed by atoms with van der Waals surface area (Å²) in [4.78, 5) is 4.56. The second kappa shape index (κ2) is 5.98. The van der Waals surface area contributed by atoms with Gasteiger partial charge in [-0.05, 0) is 35.9 Å². The SMILES string of the molecule is C=Cc1ccc(OCc2ccc3ccc(Cl)cc3n2)cc1. The summed E-state index contributed by atoms with van der Waals surface area (Å²) in [7, 11) is 0. The highest BCUT2D eigenvalue weighted by Crippen LogP contribution is 2.19. The van der Waals surface area contributed by atoms with Crippen LogP contribution in [-0.4, -0.2) is 4.98 Å². The van der Waals surface area contributed by atoms with Crippen molar-refractivity contribution in [2.75, 3.05) is 0 Å². The summed E-state index contributed by atoms with van der Waals surface area (Å²) >= 11 is 5.99. The molecule has 0 atom stereocenters. The van der Waals surface area contributed by atoms with E-state index in [0.29, 0.717) is 11.6 Å². The largest absolute Gasteiger partial charge is 0.487 e. The van der Waals surface area contributed by atoms with Gasteiger partial charge in [0, 0.05) is 10.4 Å². The lowest BCUT2D eigenvalue weighted by molar-refractivity contribution is 0.302. The summed E-state index contributed by atoms with van der Waals surface area (Å²) in [5.41, 5.74) is 2.82. The van der Waals surface area contributed by atoms with Crippen LogP contribution in [0.25, 0.3) is 17.0 Å². The molecule has 1 heterocycles. The molecule has 3 heteroatoms. The van der Waals surface area contributed by atoms with E-state index >= 15 is 0 Å². The van der Waals surface area contributed by atoms with Gasteiger partial charge < -0.3 is 4.74 Å². The first kappa shape index (κ1) is 13.7. The number of aromatic nitrogens is 1. The van der Waals surface area contributed by atoms with E-state index in [-0.39, 0.29) is 0 Å². The van der Waals surface area contributed by atoms with E-state index in [4.69, 9.17) is 16.3 Å². The maximum Gasteiger partial charge on any atom is 0.130 e. The number of ether oxygens (including phenoxy) is 1. The fourth-order valence-corrected chi connectivity index (χ4v) is 2.24. The van der Waals surface area contributed by atoms with Crippen molar-refractivity contribution >= 4 is 28.6 Å². The number of hydrogen-bond acceptors (Lipinski definition) is 2. The number of rotatable bonds is 4. The minimum atomic E-state index is 0.426. The molecule has 0 saturated carbocycles. The first-order valence-corrected chi connectivity index (χ1v) is 7.03. The highest BCUT2D eigenvalue weighted by atomic mass is 35.5. The van der Waals surface area contributed by atoms with Gasteiger partial charge in [0.25, 0.3) is 0 Å². The molecule has 21 heavy (non-hydrogen) atoms. The van der Waals surface area contributed by atoms with Gasteiger partial charge in [-0.15, -0.1) is 0 Å². The average Bonchev–Trinajstić information content (AvgIpc) is 2.53. The average molecular weight is 296 g/mol. The first-order chi connectivity index (χ1) is 10.2. The zero-order valence-electron chi connectivity index (χ0n) is 11.4. The molecule has 104 valence electrons. The Morgan fingerprint density at radius 2 is 1.81 bits per heavy atom. The molecule has 0 fully saturated rings. The fourth-order valence-electron chi connectivity index (χ4n) is 2.07. The Bertz CT molecular complexity index is 781. The van der Waals surface area contributed by atoms with Gasteiger partial charge in [0.15, 0.2) is 0 Å². The molecule has 0 radical (unpaired) electrons. The third-order valence-corrected chi connectivity index (χ3v) is 3.45. The minimum absolute atomic E-state index is 0.426. The highest BCUT2D eigenvalue weighted by Gasteiger charge is 2.01. The van der Waals surface area contributed by atoms with E-state index in [9.17, 15) is 0 Å². The molecule has 0 aliphatic heterocycles. The molecule has 2 nitrogen and oxygen atoms in total. The number of hydrogen-bond donors (Lipinski definition) is 0. The van der Waals surface area contributed by atoms with Crippen LogP contribution in [0.2, 0.25) is 5.02 Å². The van der Waals surface area contributed by atoms with E-state index < -0.39 is 0 Å². The number of fused-ring (bicyclic) bond motifs is 1. The Balaban J connectivity index is 1.76. The van der Waals surface area contributed by atoms with E-state index in [0.717, 1.165) is 27.9 Å². The van der Waals surface area contributed by atoms with Gasteiger partial charge in [-0.25, -0.2) is 4.98 Å². The molecule has 0 N–H and O–H groups in total. The summed E-state index contributed by atoms with van der Waals surface area (Å²) in [5, 5.41) is 1.76. The second-order valence-electron chi connectivity index (χ2n) is 4.70. The van der Waals surface area contributed by atoms with Gasteiger partial charge in [-0.1, -0.05) is 48.5 Å². The molecule has 3 aromatic rings. The van der Waals surface area contributed by atoms with Crippen LogP contribution in [0.5, 0.6) is 5.75 Å². The van der Waals surface area contributed by atoms with E-state index in [1.807, 2.05) is 54.6 Å². The molecule has 0 unspecified atom stereocenters. The van der Waals surface area contributed by atoms with Gasteiger partial charge in [0.05, 0.1) is 11.2 Å². The standard InChI is InChI=1S/C18H14ClNO/c1-2-13-3-9-17(10-4-13)21-12-16-8-6-14-5-7-15(19)11-18(14)20-16/h2-11H,1,12H2. The number of benzene rings is 2. The van der Waals surface area contributed by atoms with Crippen molar-refractivity contribution in [3.8, 4) is 5.75 Å². The van der Waals surface area contributed by atoms with Crippen LogP contribution < -0.4 is 4.74 Å². The van der Waals surface area contributed by atoms with E-state index in [2.05, 4.69) is 11.6 Å². The lowest BCUT2D eigenvalue weighted by Crippen LogP contribution is -1.98. The summed E-state index contributed by atoms with van der Waals surface area (Å²) in [6, 6.07) is 17.5. The summed E-state index contributed by atoms with van der Waals surface area (Å²) < 4.78 is 5.74. The number of halogens is 1. The lowest BCUT2D eigenvalue weighted by Gasteiger charge is -2.07. The second-order valence-corrected chi connectivity index (χ2v) is 5.14. The molecule has 0 aliphatic carbocycles. The van der Waals surface area contributed by atoms with Crippen LogP contribution in [-0.2, 0) is 6.61 Å². The van der Waals surface area contributed by atoms with E-state index in [1.165, 1.54) is 0 Å². The smallest absolute Gasteiger partial charge is 0.130 e. The number of pyridine rings is 1. The van der Waals surface area contributed by atoms with Crippen molar-refractivity contribution in [3.63, 3.8) is 0 Å². The van der Waals surface area contributed by atoms with Crippen molar-refractivity contribution in [3.05, 3.63) is 77.5 Å². The number of nitrogens with zero attached hydrogens (tertiary/aromatic N) is 1. The van der Waals surface area contributed by atoms with Crippen molar-refractivity contribution in [1.82, 2.24) is 4.98 Å². The maximum atomic E-state index is 5.99. The van der Waals surface area contributed by atoms with Crippen LogP contribution in [0.1, 0.15) is 11.3 Å². The zero-order chi connectivity index (χ0) is 14.7. The van der Waals surface area contributed by atoms with Crippen molar-refractivity contribution in [1.29, 1.82) is 0 Å². The predicted octanol–water partition coefficient (Wildman–Crippen LogP) is 5.11. The third kappa shape index (κ3) is 3.23. The molecule has 3 rings (SSSR count). The predicted molar refractivity (Wildman–Crippen MR) is 87.6 cm³/mol. The van der Waals surface area contributed by atoms with Gasteiger partial charge in [-0.2, -0.15) is 0 Å². The van der Waals surface area contributed by atoms with Gasteiger partial charge in [-0.3, -0.25) is 0 Å². The van der Waals surface area contributed by atoms with Crippen molar-refractivity contribution < 1.29 is 4.74 Å². The summed E-state index contributed by atoms with van der Waals surface area (Å²) in [6.45, 7) is 4.16. The normalized spacial score (nSPS) is 10.5. The first-order valence-electron chi connectivity index (χ1n) is 6.65. The van der Waals surface area contributed by atoms with Crippen LogP contribution >= 0.6 is 11.6 Å². The summed E-state index contributed by atoms with van der Waals surface area (Å²) in [5.74, 6) is 0.814. The van der Waals surface area contributed by atoms with Gasteiger partial charge >= 0.3 is 0 Å². The monoisotopic (exact) mass is 295 g/mol. The quantitative estimate of drug-likeness (QED) is 0.667. The summed E-state index contributed by atoms with van der Waals surface area (Å²) in [6.07, 6.45) is 1.80. The molecule has 1 aromatic heterocycles. The molecule has 0 amide bonds. The molecule has 2 aromatic carbocycles. The Kier molecular flexibility index (Phi) is 3.89. The van der Waals surface area contributed by atoms with E-state index in [1.54, 1.807) is 6.08 Å². The van der Waals surface area contributed by atoms with Crippen LogP contribution in [0, 0.1) is 0 Å². The maximum absolute atomic E-state index is 5.99. The molecule has 0 aliphatic rings. The Labute approximate surface area is 128 Å². The van der Waals surface area contributed by atoms with Crippen LogP contribution in [0.15, 0.2) is 61.2 Å². The molecular weight excluding hydrogens is 282 g/mol. The minimum Gasteiger partial charge on any atom is -0.487 e. The lowest BCUT2D eigenvalue weighted by atomic mass is 10.2. The Morgan fingerprint density at radius 1 is 1.05 bits per heavy atom. The highest BCUT2D eigenvalue weighted by molar-refractivity contribution is 6.31. The Morgan fingerprint density at radius 3 is 2.57 bits per heavy atom.